The first-order chi connectivity index (χ1) is 8.70. The third-order valence-electron chi connectivity index (χ3n) is 2.01. The lowest BCUT2D eigenvalue weighted by atomic mass is 10.3. The zero-order valence-electron chi connectivity index (χ0n) is 9.09. The smallest absolute Gasteiger partial charge is 0.278 e. The average Bonchev–Trinajstić information content (AvgIpc) is 2.39. The van der Waals surface area contributed by atoms with Gasteiger partial charge in [0.05, 0.1) is 0 Å². The largest absolute Gasteiger partial charge is 0.305 e. The van der Waals surface area contributed by atoms with E-state index in [9.17, 15) is 4.79 Å². The summed E-state index contributed by atoms with van der Waals surface area (Å²) in [4.78, 5) is 23.5. The van der Waals surface area contributed by atoms with Crippen LogP contribution in [0.15, 0.2) is 30.6 Å². The fourth-order valence-corrected chi connectivity index (χ4v) is 1.42. The molecule has 0 saturated heterocycles. The summed E-state index contributed by atoms with van der Waals surface area (Å²) in [5, 5.41) is 2.57. The van der Waals surface area contributed by atoms with Crippen LogP contribution in [0.2, 0.25) is 5.15 Å². The van der Waals surface area contributed by atoms with E-state index in [4.69, 9.17) is 18.0 Å². The highest BCUT2D eigenvalue weighted by Gasteiger charge is 2.13. The molecule has 1 N–H and O–H groups in total. The fourth-order valence-electron chi connectivity index (χ4n) is 1.23. The molecule has 18 heavy (non-hydrogen) atoms. The monoisotopic (exact) mass is 258 g/mol. The summed E-state index contributed by atoms with van der Waals surface area (Å²) in [6.07, 6.45) is 8.00. The Balaban J connectivity index is 2.22. The van der Waals surface area contributed by atoms with Crippen LogP contribution in [0.25, 0.3) is 0 Å². The topological polar surface area (TPSA) is 67.8 Å². The molecule has 88 valence electrons. The van der Waals surface area contributed by atoms with E-state index in [0.29, 0.717) is 11.5 Å². The van der Waals surface area contributed by atoms with Crippen LogP contribution in [0, 0.1) is 12.3 Å². The Morgan fingerprint density at radius 3 is 2.83 bits per heavy atom. The molecule has 0 bridgehead atoms. The zero-order valence-corrected chi connectivity index (χ0v) is 9.85. The summed E-state index contributed by atoms with van der Waals surface area (Å²) in [5.41, 5.74) is 0.463. The molecular weight excluding hydrogens is 252 g/mol. The lowest BCUT2D eigenvalue weighted by Gasteiger charge is -2.04. The van der Waals surface area contributed by atoms with Crippen molar-refractivity contribution < 1.29 is 4.79 Å². The van der Waals surface area contributed by atoms with E-state index in [-0.39, 0.29) is 10.8 Å². The normalized spacial score (nSPS) is 9.56. The van der Waals surface area contributed by atoms with Crippen LogP contribution in [0.4, 0.5) is 5.82 Å². The SMILES string of the molecule is C#Cc1cccc(NC(=O)c2nccnc2Cl)n1. The summed E-state index contributed by atoms with van der Waals surface area (Å²) in [7, 11) is 0. The van der Waals surface area contributed by atoms with Gasteiger partial charge in [-0.1, -0.05) is 23.6 Å². The standard InChI is InChI=1S/C12H7ClN4O/c1-2-8-4-3-5-9(16-8)17-12(18)10-11(13)15-7-6-14-10/h1,3-7H,(H,16,17,18). The lowest BCUT2D eigenvalue weighted by Crippen LogP contribution is -2.15. The zero-order chi connectivity index (χ0) is 13.0. The van der Waals surface area contributed by atoms with Gasteiger partial charge in [0, 0.05) is 12.4 Å². The Labute approximate surface area is 108 Å². The van der Waals surface area contributed by atoms with Gasteiger partial charge in [-0.25, -0.2) is 15.0 Å². The van der Waals surface area contributed by atoms with Gasteiger partial charge in [-0.2, -0.15) is 0 Å². The number of carbonyl (C=O) groups is 1. The van der Waals surface area contributed by atoms with Crippen LogP contribution < -0.4 is 5.32 Å². The molecular formula is C12H7ClN4O. The molecule has 0 aromatic carbocycles. The Bertz CT molecular complexity index is 636. The van der Waals surface area contributed by atoms with Gasteiger partial charge in [0.1, 0.15) is 11.5 Å². The summed E-state index contributed by atoms with van der Waals surface area (Å²) in [6.45, 7) is 0. The number of anilines is 1. The number of nitrogens with one attached hydrogen (secondary N) is 1. The third kappa shape index (κ3) is 2.62. The number of terminal acetylenes is 1. The number of carbonyl (C=O) groups excluding carboxylic acids is 1. The van der Waals surface area contributed by atoms with Crippen molar-refractivity contribution in [2.24, 2.45) is 0 Å². The van der Waals surface area contributed by atoms with E-state index in [2.05, 4.69) is 26.2 Å². The molecule has 2 heterocycles. The number of hydrogen-bond acceptors (Lipinski definition) is 4. The van der Waals surface area contributed by atoms with Crippen molar-refractivity contribution in [3.05, 3.63) is 47.1 Å². The number of amides is 1. The number of aromatic nitrogens is 3. The van der Waals surface area contributed by atoms with Crippen molar-refractivity contribution in [1.82, 2.24) is 15.0 Å². The maximum absolute atomic E-state index is 11.8. The van der Waals surface area contributed by atoms with Gasteiger partial charge >= 0.3 is 0 Å². The second kappa shape index (κ2) is 5.25. The van der Waals surface area contributed by atoms with E-state index < -0.39 is 5.91 Å². The van der Waals surface area contributed by atoms with Crippen molar-refractivity contribution in [2.75, 3.05) is 5.32 Å². The molecule has 2 aromatic heterocycles. The maximum atomic E-state index is 11.8. The van der Waals surface area contributed by atoms with E-state index in [1.807, 2.05) is 0 Å². The quantitative estimate of drug-likeness (QED) is 0.834. The number of nitrogens with zero attached hydrogens (tertiary/aromatic N) is 3. The number of halogens is 1. The first-order valence-corrected chi connectivity index (χ1v) is 5.30. The van der Waals surface area contributed by atoms with Crippen LogP contribution in [0.5, 0.6) is 0 Å². The molecule has 0 atom stereocenters. The van der Waals surface area contributed by atoms with E-state index >= 15 is 0 Å². The second-order valence-corrected chi connectivity index (χ2v) is 3.56. The molecule has 0 aliphatic rings. The predicted molar refractivity (Wildman–Crippen MR) is 67.2 cm³/mol. The Morgan fingerprint density at radius 1 is 1.33 bits per heavy atom. The van der Waals surface area contributed by atoms with Crippen LogP contribution >= 0.6 is 11.6 Å². The number of rotatable bonds is 2. The van der Waals surface area contributed by atoms with Crippen molar-refractivity contribution in [2.45, 2.75) is 0 Å². The Kier molecular flexibility index (Phi) is 3.51. The molecule has 0 aliphatic carbocycles. The van der Waals surface area contributed by atoms with Gasteiger partial charge in [-0.05, 0) is 12.1 Å². The highest BCUT2D eigenvalue weighted by Crippen LogP contribution is 2.11. The Hall–Kier alpha value is -2.45. The minimum atomic E-state index is -0.491. The summed E-state index contributed by atoms with van der Waals surface area (Å²) < 4.78 is 0. The van der Waals surface area contributed by atoms with Crippen LogP contribution in [0.1, 0.15) is 16.2 Å². The highest BCUT2D eigenvalue weighted by atomic mass is 35.5. The molecule has 0 saturated carbocycles. The molecule has 6 heteroatoms. The van der Waals surface area contributed by atoms with Gasteiger partial charge < -0.3 is 5.32 Å². The van der Waals surface area contributed by atoms with Gasteiger partial charge in [0.15, 0.2) is 10.8 Å². The molecule has 0 unspecified atom stereocenters. The fraction of sp³-hybridized carbons (Fsp3) is 0. The molecule has 2 aromatic rings. The van der Waals surface area contributed by atoms with Gasteiger partial charge in [0.2, 0.25) is 0 Å². The maximum Gasteiger partial charge on any atom is 0.278 e. The lowest BCUT2D eigenvalue weighted by molar-refractivity contribution is 0.102. The minimum absolute atomic E-state index is 0.0307. The molecule has 1 amide bonds. The molecule has 0 aliphatic heterocycles. The van der Waals surface area contributed by atoms with Crippen LogP contribution in [-0.4, -0.2) is 20.9 Å². The van der Waals surface area contributed by atoms with Crippen molar-refractivity contribution in [1.29, 1.82) is 0 Å². The van der Waals surface area contributed by atoms with E-state index in [1.165, 1.54) is 12.4 Å². The van der Waals surface area contributed by atoms with E-state index in [0.717, 1.165) is 0 Å². The van der Waals surface area contributed by atoms with Crippen molar-refractivity contribution in [3.8, 4) is 12.3 Å². The number of pyridine rings is 1. The summed E-state index contributed by atoms with van der Waals surface area (Å²) in [5.74, 6) is 2.22. The average molecular weight is 259 g/mol. The van der Waals surface area contributed by atoms with Gasteiger partial charge in [0.25, 0.3) is 5.91 Å². The molecule has 2 rings (SSSR count). The Morgan fingerprint density at radius 2 is 2.11 bits per heavy atom. The summed E-state index contributed by atoms with van der Waals surface area (Å²) in [6, 6.07) is 4.96. The third-order valence-corrected chi connectivity index (χ3v) is 2.28. The second-order valence-electron chi connectivity index (χ2n) is 3.20. The van der Waals surface area contributed by atoms with Gasteiger partial charge in [-0.3, -0.25) is 4.79 Å². The minimum Gasteiger partial charge on any atom is -0.305 e. The molecule has 0 radical (unpaired) electrons. The predicted octanol–water partition coefficient (Wildman–Crippen LogP) is 1.76. The first kappa shape index (κ1) is 12.0. The first-order valence-electron chi connectivity index (χ1n) is 4.92. The van der Waals surface area contributed by atoms with Crippen LogP contribution in [0.3, 0.4) is 0 Å². The van der Waals surface area contributed by atoms with Gasteiger partial charge in [-0.15, -0.1) is 6.42 Å². The van der Waals surface area contributed by atoms with Crippen molar-refractivity contribution in [3.63, 3.8) is 0 Å². The molecule has 0 fully saturated rings. The highest BCUT2D eigenvalue weighted by molar-refractivity contribution is 6.32. The van der Waals surface area contributed by atoms with E-state index in [1.54, 1.807) is 18.2 Å². The number of hydrogen-bond donors (Lipinski definition) is 1. The molecule has 5 nitrogen and oxygen atoms in total. The molecule has 0 spiro atoms. The van der Waals surface area contributed by atoms with Crippen LogP contribution in [-0.2, 0) is 0 Å². The van der Waals surface area contributed by atoms with Crippen molar-refractivity contribution >= 4 is 23.3 Å². The summed E-state index contributed by atoms with van der Waals surface area (Å²) >= 11 is 5.76.